The third-order valence-corrected chi connectivity index (χ3v) is 7.89. The number of aromatic nitrogens is 1. The van der Waals surface area contributed by atoms with E-state index in [-0.39, 0.29) is 22.3 Å². The third kappa shape index (κ3) is 3.93. The summed E-state index contributed by atoms with van der Waals surface area (Å²) in [6, 6.07) is 1.59. The lowest BCUT2D eigenvalue weighted by Crippen LogP contribution is -2.54. The van der Waals surface area contributed by atoms with Gasteiger partial charge >= 0.3 is 0 Å². The molecule has 2 N–H and O–H groups in total. The van der Waals surface area contributed by atoms with E-state index in [0.29, 0.717) is 37.8 Å². The number of nitrogens with zero attached hydrogens (tertiary/aromatic N) is 3. The maximum Gasteiger partial charge on any atom is 0.270 e. The van der Waals surface area contributed by atoms with Gasteiger partial charge in [0.05, 0.1) is 0 Å². The number of nitrogens with two attached hydrogens (primary N) is 1. The van der Waals surface area contributed by atoms with Crippen LogP contribution in [-0.2, 0) is 17.1 Å². The molecule has 0 radical (unpaired) electrons. The van der Waals surface area contributed by atoms with Gasteiger partial charge < -0.3 is 15.2 Å². The van der Waals surface area contributed by atoms with Gasteiger partial charge in [0.1, 0.15) is 10.6 Å². The van der Waals surface area contributed by atoms with Crippen LogP contribution in [0, 0.1) is 11.3 Å². The number of carbonyl (C=O) groups is 1. The summed E-state index contributed by atoms with van der Waals surface area (Å²) < 4.78 is 29.2. The minimum Gasteiger partial charge on any atom is -0.345 e. The molecular formula is C19H32N4O3S. The van der Waals surface area contributed by atoms with E-state index in [1.807, 2.05) is 0 Å². The van der Waals surface area contributed by atoms with Gasteiger partial charge in [-0.2, -0.15) is 4.31 Å². The van der Waals surface area contributed by atoms with Crippen molar-refractivity contribution in [3.63, 3.8) is 0 Å². The number of sulfonamides is 1. The van der Waals surface area contributed by atoms with Crippen molar-refractivity contribution < 1.29 is 13.2 Å². The van der Waals surface area contributed by atoms with Crippen LogP contribution in [0.5, 0.6) is 0 Å². The predicted molar refractivity (Wildman–Crippen MR) is 105 cm³/mol. The van der Waals surface area contributed by atoms with Crippen molar-refractivity contribution in [2.75, 3.05) is 26.2 Å². The Morgan fingerprint density at radius 1 is 1.26 bits per heavy atom. The van der Waals surface area contributed by atoms with Gasteiger partial charge in [-0.25, -0.2) is 8.42 Å². The number of rotatable bonds is 3. The number of amides is 1. The molecule has 1 aromatic rings. The normalized spacial score (nSPS) is 26.9. The van der Waals surface area contributed by atoms with E-state index in [1.54, 1.807) is 27.0 Å². The van der Waals surface area contributed by atoms with Gasteiger partial charge in [0.15, 0.2) is 0 Å². The maximum atomic E-state index is 13.0. The van der Waals surface area contributed by atoms with Crippen molar-refractivity contribution in [1.29, 1.82) is 0 Å². The maximum absolute atomic E-state index is 13.0. The molecule has 7 nitrogen and oxygen atoms in total. The van der Waals surface area contributed by atoms with Crippen molar-refractivity contribution in [2.24, 2.45) is 24.1 Å². The van der Waals surface area contributed by atoms with Crippen LogP contribution in [0.15, 0.2) is 17.2 Å². The summed E-state index contributed by atoms with van der Waals surface area (Å²) >= 11 is 0. The summed E-state index contributed by atoms with van der Waals surface area (Å²) in [7, 11) is -1.84. The topological polar surface area (TPSA) is 88.6 Å². The van der Waals surface area contributed by atoms with E-state index in [9.17, 15) is 13.2 Å². The Morgan fingerprint density at radius 2 is 1.96 bits per heavy atom. The Morgan fingerprint density at radius 3 is 2.59 bits per heavy atom. The molecule has 8 heteroatoms. The standard InChI is InChI=1S/C19H32N4O3S/c1-14-6-5-8-23(11-14)27(25,26)15-10-16(21(4)12-15)18(24)22-9-7-17(20)19(2,3)13-22/h10,12,14,17H,5-9,11,13,20H2,1-4H3. The highest BCUT2D eigenvalue weighted by atomic mass is 32.2. The monoisotopic (exact) mass is 396 g/mol. The van der Waals surface area contributed by atoms with Crippen LogP contribution in [0.2, 0.25) is 0 Å². The molecule has 27 heavy (non-hydrogen) atoms. The van der Waals surface area contributed by atoms with Gasteiger partial charge in [0, 0.05) is 45.5 Å². The lowest BCUT2D eigenvalue weighted by molar-refractivity contribution is 0.0524. The van der Waals surface area contributed by atoms with Crippen LogP contribution < -0.4 is 5.73 Å². The van der Waals surface area contributed by atoms with E-state index in [2.05, 4.69) is 20.8 Å². The largest absolute Gasteiger partial charge is 0.345 e. The third-order valence-electron chi connectivity index (χ3n) is 6.06. The summed E-state index contributed by atoms with van der Waals surface area (Å²) in [6.07, 6.45) is 4.24. The average Bonchev–Trinajstić information content (AvgIpc) is 2.99. The number of carbonyl (C=O) groups excluding carboxylic acids is 1. The fourth-order valence-corrected chi connectivity index (χ4v) is 5.78. The van der Waals surface area contributed by atoms with Crippen molar-refractivity contribution >= 4 is 15.9 Å². The van der Waals surface area contributed by atoms with Crippen LogP contribution in [0.1, 0.15) is 50.5 Å². The summed E-state index contributed by atoms with van der Waals surface area (Å²) in [4.78, 5) is 15.0. The lowest BCUT2D eigenvalue weighted by atomic mass is 9.79. The first kappa shape index (κ1) is 20.4. The minimum atomic E-state index is -3.57. The molecule has 1 amide bonds. The van der Waals surface area contributed by atoms with Crippen LogP contribution in [-0.4, -0.2) is 60.3 Å². The Hall–Kier alpha value is -1.38. The molecule has 3 heterocycles. The number of likely N-dealkylation sites (tertiary alicyclic amines) is 1. The van der Waals surface area contributed by atoms with Gasteiger partial charge in [0.25, 0.3) is 5.91 Å². The molecule has 1 aromatic heterocycles. The first-order valence-electron chi connectivity index (χ1n) is 9.74. The van der Waals surface area contributed by atoms with E-state index < -0.39 is 10.0 Å². The predicted octanol–water partition coefficient (Wildman–Crippen LogP) is 1.65. The highest BCUT2D eigenvalue weighted by molar-refractivity contribution is 7.89. The van der Waals surface area contributed by atoms with Crippen molar-refractivity contribution in [1.82, 2.24) is 13.8 Å². The molecule has 0 spiro atoms. The number of hydrogen-bond acceptors (Lipinski definition) is 4. The molecule has 2 atom stereocenters. The molecule has 0 aliphatic carbocycles. The fourth-order valence-electron chi connectivity index (χ4n) is 4.11. The zero-order valence-electron chi connectivity index (χ0n) is 16.8. The van der Waals surface area contributed by atoms with Gasteiger partial charge in [-0.15, -0.1) is 0 Å². The second kappa shape index (κ2) is 7.22. The summed E-state index contributed by atoms with van der Waals surface area (Å²) in [5.74, 6) is 0.226. The molecule has 0 bridgehead atoms. The highest BCUT2D eigenvalue weighted by Gasteiger charge is 2.37. The zero-order valence-corrected chi connectivity index (χ0v) is 17.6. The quantitative estimate of drug-likeness (QED) is 0.841. The van der Waals surface area contributed by atoms with Crippen molar-refractivity contribution in [3.05, 3.63) is 18.0 Å². The minimum absolute atomic E-state index is 0.0620. The smallest absolute Gasteiger partial charge is 0.270 e. The van der Waals surface area contributed by atoms with E-state index in [1.165, 1.54) is 6.07 Å². The molecule has 0 saturated carbocycles. The first-order valence-corrected chi connectivity index (χ1v) is 11.2. The van der Waals surface area contributed by atoms with E-state index >= 15 is 0 Å². The lowest BCUT2D eigenvalue weighted by Gasteiger charge is -2.42. The van der Waals surface area contributed by atoms with Gasteiger partial charge in [0.2, 0.25) is 10.0 Å². The van der Waals surface area contributed by atoms with Crippen LogP contribution in [0.4, 0.5) is 0 Å². The van der Waals surface area contributed by atoms with Gasteiger partial charge in [-0.3, -0.25) is 4.79 Å². The van der Waals surface area contributed by atoms with E-state index in [4.69, 9.17) is 5.73 Å². The summed E-state index contributed by atoms with van der Waals surface area (Å²) in [5.41, 5.74) is 6.42. The summed E-state index contributed by atoms with van der Waals surface area (Å²) in [6.45, 7) is 8.46. The molecule has 2 fully saturated rings. The molecule has 152 valence electrons. The SMILES string of the molecule is CC1CCCN(S(=O)(=O)c2cc(C(=O)N3CCC(N)C(C)(C)C3)n(C)c2)C1. The van der Waals surface area contributed by atoms with E-state index in [0.717, 1.165) is 19.3 Å². The summed E-state index contributed by atoms with van der Waals surface area (Å²) in [5, 5.41) is 0. The van der Waals surface area contributed by atoms with Gasteiger partial charge in [-0.1, -0.05) is 20.8 Å². The molecule has 2 aliphatic heterocycles. The number of hydrogen-bond donors (Lipinski definition) is 1. The first-order chi connectivity index (χ1) is 12.5. The Balaban J connectivity index is 1.83. The fraction of sp³-hybridized carbons (Fsp3) is 0.737. The molecule has 3 rings (SSSR count). The van der Waals surface area contributed by atoms with Crippen LogP contribution >= 0.6 is 0 Å². The molecule has 0 aromatic carbocycles. The average molecular weight is 397 g/mol. The Kier molecular flexibility index (Phi) is 5.44. The molecule has 2 unspecified atom stereocenters. The number of piperidine rings is 2. The second-order valence-corrected chi connectivity index (χ2v) is 10.8. The Labute approximate surface area is 162 Å². The molecule has 2 saturated heterocycles. The van der Waals surface area contributed by atoms with Crippen molar-refractivity contribution in [3.8, 4) is 0 Å². The zero-order chi connectivity index (χ0) is 20.0. The molecule has 2 aliphatic rings. The number of aryl methyl sites for hydroxylation is 1. The van der Waals surface area contributed by atoms with Gasteiger partial charge in [-0.05, 0) is 36.7 Å². The Bertz CT molecular complexity index is 815. The van der Waals surface area contributed by atoms with Crippen LogP contribution in [0.3, 0.4) is 0 Å². The van der Waals surface area contributed by atoms with Crippen LogP contribution in [0.25, 0.3) is 0 Å². The van der Waals surface area contributed by atoms with Crippen molar-refractivity contribution in [2.45, 2.75) is 51.0 Å². The second-order valence-electron chi connectivity index (χ2n) is 8.89. The molecular weight excluding hydrogens is 364 g/mol. The highest BCUT2D eigenvalue weighted by Crippen LogP contribution is 2.30.